The molecule has 0 aliphatic carbocycles. The number of rotatable bonds is 2. The van der Waals surface area contributed by atoms with E-state index in [1.807, 2.05) is 68.6 Å². The van der Waals surface area contributed by atoms with E-state index < -0.39 is 0 Å². The number of nitrogens with zero attached hydrogens (tertiary/aromatic N) is 1. The lowest BCUT2D eigenvalue weighted by molar-refractivity contribution is 0.00578. The van der Waals surface area contributed by atoms with Crippen LogP contribution in [0.25, 0.3) is 0 Å². The van der Waals surface area contributed by atoms with E-state index in [4.69, 9.17) is 9.31 Å². The fourth-order valence-electron chi connectivity index (χ4n) is 2.67. The van der Waals surface area contributed by atoms with Crippen molar-refractivity contribution in [1.82, 2.24) is 4.90 Å². The number of benzene rings is 1. The molecule has 2 amide bonds. The summed E-state index contributed by atoms with van der Waals surface area (Å²) in [6.07, 6.45) is 0. The molecule has 0 bridgehead atoms. The third-order valence-electron chi connectivity index (χ3n) is 4.99. The first kappa shape index (κ1) is 17.6. The van der Waals surface area contributed by atoms with Crippen molar-refractivity contribution in [2.45, 2.75) is 38.9 Å². The summed E-state index contributed by atoms with van der Waals surface area (Å²) in [6, 6.07) is 7.67. The van der Waals surface area contributed by atoms with Gasteiger partial charge >= 0.3 is 13.1 Å². The summed E-state index contributed by atoms with van der Waals surface area (Å²) in [6.45, 7) is 9.78. The van der Waals surface area contributed by atoms with Crippen molar-refractivity contribution in [1.29, 1.82) is 0 Å². The summed E-state index contributed by atoms with van der Waals surface area (Å²) in [7, 11) is -0.376. The van der Waals surface area contributed by atoms with Crippen molar-refractivity contribution in [3.63, 3.8) is 0 Å². The molecule has 2 aliphatic rings. The lowest BCUT2D eigenvalue weighted by Crippen LogP contribution is -2.41. The van der Waals surface area contributed by atoms with Gasteiger partial charge in [0.25, 0.3) is 0 Å². The van der Waals surface area contributed by atoms with Crippen LogP contribution >= 0.6 is 11.8 Å². The van der Waals surface area contributed by atoms with E-state index in [9.17, 15) is 4.79 Å². The van der Waals surface area contributed by atoms with Crippen molar-refractivity contribution in [3.8, 4) is 0 Å². The van der Waals surface area contributed by atoms with E-state index in [2.05, 4.69) is 5.32 Å². The Morgan fingerprint density at radius 1 is 1.08 bits per heavy atom. The molecule has 130 valence electrons. The van der Waals surface area contributed by atoms with Crippen molar-refractivity contribution in [2.24, 2.45) is 0 Å². The molecule has 0 radical (unpaired) electrons. The van der Waals surface area contributed by atoms with E-state index >= 15 is 0 Å². The van der Waals surface area contributed by atoms with Crippen LogP contribution in [0, 0.1) is 0 Å². The maximum Gasteiger partial charge on any atom is 0.494 e. The number of carbonyl (C=O) groups is 1. The van der Waals surface area contributed by atoms with Gasteiger partial charge in [-0.3, -0.25) is 0 Å². The van der Waals surface area contributed by atoms with Gasteiger partial charge in [0.2, 0.25) is 0 Å². The Bertz CT molecular complexity index is 584. The van der Waals surface area contributed by atoms with E-state index in [1.54, 1.807) is 0 Å². The van der Waals surface area contributed by atoms with Crippen LogP contribution in [0.4, 0.5) is 10.5 Å². The molecule has 0 saturated carbocycles. The fraction of sp³-hybridized carbons (Fsp3) is 0.588. The SMILES string of the molecule is CC1(C)OB(c2ccc(NC(=O)N3CCSCC3)cc2)OC1(C)C. The van der Waals surface area contributed by atoms with Crippen LogP contribution in [0.3, 0.4) is 0 Å². The Morgan fingerprint density at radius 2 is 1.62 bits per heavy atom. The first-order chi connectivity index (χ1) is 11.3. The normalized spacial score (nSPS) is 22.5. The summed E-state index contributed by atoms with van der Waals surface area (Å²) in [5, 5.41) is 2.96. The average molecular weight is 348 g/mol. The first-order valence-corrected chi connectivity index (χ1v) is 9.53. The van der Waals surface area contributed by atoms with Gasteiger partial charge in [-0.25, -0.2) is 4.79 Å². The van der Waals surface area contributed by atoms with Crippen LogP contribution < -0.4 is 10.8 Å². The molecule has 1 aromatic rings. The van der Waals surface area contributed by atoms with Crippen LogP contribution in [-0.4, -0.2) is 53.8 Å². The van der Waals surface area contributed by atoms with Gasteiger partial charge in [-0.2, -0.15) is 11.8 Å². The lowest BCUT2D eigenvalue weighted by Gasteiger charge is -2.32. The molecule has 1 N–H and O–H groups in total. The van der Waals surface area contributed by atoms with Crippen LogP contribution in [0.5, 0.6) is 0 Å². The average Bonchev–Trinajstić information content (AvgIpc) is 2.77. The van der Waals surface area contributed by atoms with Gasteiger partial charge < -0.3 is 19.5 Å². The Balaban J connectivity index is 1.63. The Morgan fingerprint density at radius 3 is 2.17 bits per heavy atom. The highest BCUT2D eigenvalue weighted by molar-refractivity contribution is 7.99. The van der Waals surface area contributed by atoms with Crippen molar-refractivity contribution in [2.75, 3.05) is 29.9 Å². The van der Waals surface area contributed by atoms with Gasteiger partial charge in [-0.05, 0) is 45.3 Å². The van der Waals surface area contributed by atoms with E-state index in [1.165, 1.54) is 0 Å². The monoisotopic (exact) mass is 348 g/mol. The minimum Gasteiger partial charge on any atom is -0.399 e. The summed E-state index contributed by atoms with van der Waals surface area (Å²) < 4.78 is 12.1. The number of urea groups is 1. The molecule has 0 aromatic heterocycles. The number of anilines is 1. The standard InChI is InChI=1S/C17H25BN2O3S/c1-16(2)17(3,4)23-18(22-16)13-5-7-14(8-6-13)19-15(21)20-9-11-24-12-10-20/h5-8H,9-12H2,1-4H3,(H,19,21). The van der Waals surface area contributed by atoms with Gasteiger partial charge in [0, 0.05) is 30.3 Å². The van der Waals surface area contributed by atoms with Crippen LogP contribution in [-0.2, 0) is 9.31 Å². The summed E-state index contributed by atoms with van der Waals surface area (Å²) in [4.78, 5) is 14.1. The number of amides is 2. The zero-order valence-corrected chi connectivity index (χ0v) is 15.6. The molecule has 0 atom stereocenters. The van der Waals surface area contributed by atoms with Crippen LogP contribution in [0.2, 0.25) is 0 Å². The number of nitrogens with one attached hydrogen (secondary N) is 1. The molecule has 2 aliphatic heterocycles. The molecule has 1 aromatic carbocycles. The van der Waals surface area contributed by atoms with Crippen molar-refractivity contribution >= 4 is 36.1 Å². The molecule has 24 heavy (non-hydrogen) atoms. The second-order valence-electron chi connectivity index (χ2n) is 7.24. The zero-order chi connectivity index (χ0) is 17.4. The van der Waals surface area contributed by atoms with Crippen LogP contribution in [0.15, 0.2) is 24.3 Å². The smallest absolute Gasteiger partial charge is 0.399 e. The molecule has 5 nitrogen and oxygen atoms in total. The first-order valence-electron chi connectivity index (χ1n) is 8.38. The van der Waals surface area contributed by atoms with Crippen molar-refractivity contribution in [3.05, 3.63) is 24.3 Å². The highest BCUT2D eigenvalue weighted by Crippen LogP contribution is 2.36. The maximum atomic E-state index is 12.2. The number of hydrogen-bond acceptors (Lipinski definition) is 4. The summed E-state index contributed by atoms with van der Waals surface area (Å²) in [5.41, 5.74) is 1.05. The predicted octanol–water partition coefficient (Wildman–Crippen LogP) is 2.57. The molecule has 0 spiro atoms. The lowest BCUT2D eigenvalue weighted by atomic mass is 9.79. The van der Waals surface area contributed by atoms with Gasteiger partial charge in [0.1, 0.15) is 0 Å². The topological polar surface area (TPSA) is 50.8 Å². The zero-order valence-electron chi connectivity index (χ0n) is 14.8. The molecule has 2 saturated heterocycles. The fourth-order valence-corrected chi connectivity index (χ4v) is 3.57. The quantitative estimate of drug-likeness (QED) is 0.835. The molecule has 2 heterocycles. The van der Waals surface area contributed by atoms with Gasteiger partial charge in [0.15, 0.2) is 0 Å². The number of thioether (sulfide) groups is 1. The molecule has 0 unspecified atom stereocenters. The minimum absolute atomic E-state index is 0.0290. The third-order valence-corrected chi connectivity index (χ3v) is 5.93. The van der Waals surface area contributed by atoms with E-state index in [0.717, 1.165) is 35.7 Å². The predicted molar refractivity (Wildman–Crippen MR) is 100 cm³/mol. The molecule has 2 fully saturated rings. The highest BCUT2D eigenvalue weighted by Gasteiger charge is 2.51. The van der Waals surface area contributed by atoms with E-state index in [0.29, 0.717) is 0 Å². The van der Waals surface area contributed by atoms with Gasteiger partial charge in [-0.1, -0.05) is 12.1 Å². The summed E-state index contributed by atoms with van der Waals surface area (Å²) >= 11 is 1.89. The Hall–Kier alpha value is -1.18. The highest BCUT2D eigenvalue weighted by atomic mass is 32.2. The maximum absolute atomic E-state index is 12.2. The number of carbonyl (C=O) groups excluding carboxylic acids is 1. The van der Waals surface area contributed by atoms with E-state index in [-0.39, 0.29) is 24.4 Å². The largest absolute Gasteiger partial charge is 0.494 e. The molecular weight excluding hydrogens is 323 g/mol. The van der Waals surface area contributed by atoms with Crippen LogP contribution in [0.1, 0.15) is 27.7 Å². The third kappa shape index (κ3) is 3.58. The van der Waals surface area contributed by atoms with Crippen molar-refractivity contribution < 1.29 is 14.1 Å². The Labute approximate surface area is 148 Å². The molecule has 7 heteroatoms. The Kier molecular flexibility index (Phi) is 4.86. The minimum atomic E-state index is -0.376. The molecular formula is C17H25BN2O3S. The molecule has 3 rings (SSSR count). The second kappa shape index (κ2) is 6.62. The van der Waals surface area contributed by atoms with Gasteiger partial charge in [0.05, 0.1) is 11.2 Å². The summed E-state index contributed by atoms with van der Waals surface area (Å²) in [5.74, 6) is 2.02. The second-order valence-corrected chi connectivity index (χ2v) is 8.46. The van der Waals surface area contributed by atoms with Gasteiger partial charge in [-0.15, -0.1) is 0 Å². The number of hydrogen-bond donors (Lipinski definition) is 1.